The Morgan fingerprint density at radius 3 is 2.67 bits per heavy atom. The summed E-state index contributed by atoms with van der Waals surface area (Å²) in [5.74, 6) is -1.10. The molecule has 1 atom stereocenters. The monoisotopic (exact) mass is 316 g/mol. The number of hydrogen-bond donors (Lipinski definition) is 3. The number of methoxy groups -OCH3 is 2. The van der Waals surface area contributed by atoms with Crippen LogP contribution in [0.3, 0.4) is 0 Å². The summed E-state index contributed by atoms with van der Waals surface area (Å²) in [7, 11) is 3.04. The van der Waals surface area contributed by atoms with Gasteiger partial charge < -0.3 is 25.2 Å². The smallest absolute Gasteiger partial charge is 0.335 e. The highest BCUT2D eigenvalue weighted by molar-refractivity contribution is 6.33. The Labute approximate surface area is 127 Å². The van der Waals surface area contributed by atoms with Crippen molar-refractivity contribution in [2.75, 3.05) is 32.7 Å². The van der Waals surface area contributed by atoms with Crippen LogP contribution in [0.15, 0.2) is 18.2 Å². The number of benzene rings is 1. The predicted octanol–water partition coefficient (Wildman–Crippen LogP) is 1.82. The molecule has 0 radical (unpaired) electrons. The average molecular weight is 317 g/mol. The third-order valence-electron chi connectivity index (χ3n) is 2.64. The number of rotatable bonds is 7. The fourth-order valence-corrected chi connectivity index (χ4v) is 1.69. The first-order chi connectivity index (χ1) is 9.97. The molecule has 0 aliphatic heterocycles. The van der Waals surface area contributed by atoms with Gasteiger partial charge in [0.2, 0.25) is 0 Å². The average Bonchev–Trinajstić information content (AvgIpc) is 2.45. The molecule has 116 valence electrons. The molecule has 21 heavy (non-hydrogen) atoms. The van der Waals surface area contributed by atoms with E-state index in [0.29, 0.717) is 6.61 Å². The van der Waals surface area contributed by atoms with Gasteiger partial charge in [-0.1, -0.05) is 11.6 Å². The number of carbonyl (C=O) groups is 2. The molecule has 0 heterocycles. The summed E-state index contributed by atoms with van der Waals surface area (Å²) in [4.78, 5) is 22.6. The molecule has 8 heteroatoms. The van der Waals surface area contributed by atoms with Crippen molar-refractivity contribution in [2.24, 2.45) is 0 Å². The van der Waals surface area contributed by atoms with E-state index in [2.05, 4.69) is 10.6 Å². The van der Waals surface area contributed by atoms with Crippen LogP contribution in [0, 0.1) is 0 Å². The molecule has 1 aromatic rings. The molecule has 0 aromatic heterocycles. The second-order valence-corrected chi connectivity index (χ2v) is 4.56. The van der Waals surface area contributed by atoms with Gasteiger partial charge in [0.25, 0.3) is 0 Å². The molecule has 0 fully saturated rings. The SMILES string of the molecule is COCC(CNC(=O)Nc1cc(C(=O)O)ccc1Cl)OC. The minimum absolute atomic E-state index is 0.0313. The molecule has 7 nitrogen and oxygen atoms in total. The first kappa shape index (κ1) is 17.2. The van der Waals surface area contributed by atoms with E-state index in [9.17, 15) is 9.59 Å². The van der Waals surface area contributed by atoms with Crippen LogP contribution in [0.2, 0.25) is 5.02 Å². The van der Waals surface area contributed by atoms with Crippen LogP contribution in [0.4, 0.5) is 10.5 Å². The lowest BCUT2D eigenvalue weighted by atomic mass is 10.2. The fourth-order valence-electron chi connectivity index (χ4n) is 1.52. The zero-order valence-corrected chi connectivity index (χ0v) is 12.4. The van der Waals surface area contributed by atoms with Gasteiger partial charge in [-0.05, 0) is 18.2 Å². The zero-order chi connectivity index (χ0) is 15.8. The second kappa shape index (κ2) is 8.46. The zero-order valence-electron chi connectivity index (χ0n) is 11.7. The molecule has 1 aromatic carbocycles. The highest BCUT2D eigenvalue weighted by atomic mass is 35.5. The Balaban J connectivity index is 2.62. The summed E-state index contributed by atoms with van der Waals surface area (Å²) in [6, 6.07) is 3.53. The number of anilines is 1. The van der Waals surface area contributed by atoms with Crippen molar-refractivity contribution in [3.05, 3.63) is 28.8 Å². The maximum Gasteiger partial charge on any atom is 0.335 e. The molecule has 0 saturated carbocycles. The first-order valence-corrected chi connectivity index (χ1v) is 6.45. The van der Waals surface area contributed by atoms with Crippen LogP contribution >= 0.6 is 11.6 Å². The Bertz CT molecular complexity index is 509. The topological polar surface area (TPSA) is 96.9 Å². The molecule has 1 unspecified atom stereocenters. The number of hydrogen-bond acceptors (Lipinski definition) is 4. The molecule has 3 N–H and O–H groups in total. The van der Waals surface area contributed by atoms with Crippen molar-refractivity contribution in [3.63, 3.8) is 0 Å². The van der Waals surface area contributed by atoms with Crippen LogP contribution in [-0.2, 0) is 9.47 Å². The van der Waals surface area contributed by atoms with E-state index in [1.165, 1.54) is 32.4 Å². The van der Waals surface area contributed by atoms with Gasteiger partial charge in [0.05, 0.1) is 29.0 Å². The minimum Gasteiger partial charge on any atom is -0.478 e. The van der Waals surface area contributed by atoms with Gasteiger partial charge in [-0.25, -0.2) is 9.59 Å². The van der Waals surface area contributed by atoms with Gasteiger partial charge in [-0.15, -0.1) is 0 Å². The molecule has 0 bridgehead atoms. The van der Waals surface area contributed by atoms with Gasteiger partial charge in [-0.3, -0.25) is 0 Å². The van der Waals surface area contributed by atoms with Crippen LogP contribution < -0.4 is 10.6 Å². The van der Waals surface area contributed by atoms with Crippen LogP contribution in [0.5, 0.6) is 0 Å². The second-order valence-electron chi connectivity index (χ2n) is 4.15. The molecule has 0 spiro atoms. The standard InChI is InChI=1S/C13H17ClN2O5/c1-20-7-9(21-2)6-15-13(19)16-11-5-8(12(17)18)3-4-10(11)14/h3-5,9H,6-7H2,1-2H3,(H,17,18)(H2,15,16,19). The molecular weight excluding hydrogens is 300 g/mol. The third-order valence-corrected chi connectivity index (χ3v) is 2.97. The van der Waals surface area contributed by atoms with Gasteiger partial charge in [0, 0.05) is 20.8 Å². The highest BCUT2D eigenvalue weighted by Gasteiger charge is 2.12. The normalized spacial score (nSPS) is 11.8. The maximum atomic E-state index is 11.7. The summed E-state index contributed by atoms with van der Waals surface area (Å²) in [6.07, 6.45) is -0.276. The maximum absolute atomic E-state index is 11.7. The number of urea groups is 1. The number of ether oxygens (including phenoxy) is 2. The first-order valence-electron chi connectivity index (χ1n) is 6.07. The van der Waals surface area contributed by atoms with E-state index < -0.39 is 12.0 Å². The Morgan fingerprint density at radius 1 is 1.38 bits per heavy atom. The molecule has 2 amide bonds. The summed E-state index contributed by atoms with van der Waals surface area (Å²) < 4.78 is 10.0. The molecule has 0 saturated heterocycles. The van der Waals surface area contributed by atoms with Crippen molar-refractivity contribution in [3.8, 4) is 0 Å². The molecular formula is C13H17ClN2O5. The van der Waals surface area contributed by atoms with Gasteiger partial charge >= 0.3 is 12.0 Å². The van der Waals surface area contributed by atoms with Crippen LogP contribution in [0.1, 0.15) is 10.4 Å². The van der Waals surface area contributed by atoms with E-state index >= 15 is 0 Å². The fraction of sp³-hybridized carbons (Fsp3) is 0.385. The summed E-state index contributed by atoms with van der Waals surface area (Å²) in [5, 5.41) is 14.2. The van der Waals surface area contributed by atoms with Crippen molar-refractivity contribution in [1.82, 2.24) is 5.32 Å². The van der Waals surface area contributed by atoms with Crippen molar-refractivity contribution in [1.29, 1.82) is 0 Å². The van der Waals surface area contributed by atoms with E-state index in [0.717, 1.165) is 0 Å². The van der Waals surface area contributed by atoms with Gasteiger partial charge in [-0.2, -0.15) is 0 Å². The molecule has 0 aliphatic carbocycles. The van der Waals surface area contributed by atoms with E-state index in [4.69, 9.17) is 26.2 Å². The lowest BCUT2D eigenvalue weighted by Gasteiger charge is -2.15. The van der Waals surface area contributed by atoms with Gasteiger partial charge in [0.15, 0.2) is 0 Å². The van der Waals surface area contributed by atoms with Crippen molar-refractivity contribution >= 4 is 29.3 Å². The summed E-state index contributed by atoms with van der Waals surface area (Å²) >= 11 is 5.90. The number of amides is 2. The summed E-state index contributed by atoms with van der Waals surface area (Å²) in [6.45, 7) is 0.582. The number of nitrogens with one attached hydrogen (secondary N) is 2. The van der Waals surface area contributed by atoms with Gasteiger partial charge in [0.1, 0.15) is 0 Å². The Kier molecular flexibility index (Phi) is 6.93. The summed E-state index contributed by atoms with van der Waals surface area (Å²) in [5.41, 5.74) is 0.249. The largest absolute Gasteiger partial charge is 0.478 e. The quantitative estimate of drug-likeness (QED) is 0.713. The number of halogens is 1. The van der Waals surface area contributed by atoms with E-state index in [-0.39, 0.29) is 28.9 Å². The number of carboxylic acid groups (broad SMARTS) is 1. The number of carboxylic acids is 1. The Morgan fingerprint density at radius 2 is 2.10 bits per heavy atom. The lowest BCUT2D eigenvalue weighted by Crippen LogP contribution is -2.38. The highest BCUT2D eigenvalue weighted by Crippen LogP contribution is 2.22. The lowest BCUT2D eigenvalue weighted by molar-refractivity contribution is 0.0307. The predicted molar refractivity (Wildman–Crippen MR) is 78.1 cm³/mol. The van der Waals surface area contributed by atoms with E-state index in [1.807, 2.05) is 0 Å². The molecule has 1 rings (SSSR count). The molecule has 0 aliphatic rings. The minimum atomic E-state index is -1.10. The Hall–Kier alpha value is -1.83. The number of aromatic carboxylic acids is 1. The van der Waals surface area contributed by atoms with Crippen LogP contribution in [0.25, 0.3) is 0 Å². The third kappa shape index (κ3) is 5.58. The van der Waals surface area contributed by atoms with Crippen LogP contribution in [-0.4, -0.2) is 50.6 Å². The van der Waals surface area contributed by atoms with Crippen molar-refractivity contribution < 1.29 is 24.2 Å². The number of carbonyl (C=O) groups excluding carboxylic acids is 1. The van der Waals surface area contributed by atoms with Crippen molar-refractivity contribution in [2.45, 2.75) is 6.10 Å². The van der Waals surface area contributed by atoms with E-state index in [1.54, 1.807) is 0 Å².